The number of amides is 2. The number of ether oxygens (including phenoxy) is 1. The van der Waals surface area contributed by atoms with E-state index in [1.165, 1.54) is 12.1 Å². The number of hydrogen-bond donors (Lipinski definition) is 1. The second-order valence-corrected chi connectivity index (χ2v) is 5.95. The molecule has 0 aliphatic carbocycles. The zero-order valence-corrected chi connectivity index (χ0v) is 13.9. The van der Waals surface area contributed by atoms with Crippen molar-refractivity contribution >= 4 is 17.5 Å². The Hall–Kier alpha value is -2.89. The second-order valence-electron chi connectivity index (χ2n) is 5.95. The van der Waals surface area contributed by atoms with Crippen LogP contribution in [0.2, 0.25) is 0 Å². The van der Waals surface area contributed by atoms with Crippen LogP contribution in [0, 0.1) is 11.7 Å². The van der Waals surface area contributed by atoms with Crippen LogP contribution in [-0.2, 0) is 16.1 Å². The Balaban J connectivity index is 1.59. The predicted molar refractivity (Wildman–Crippen MR) is 91.7 cm³/mol. The largest absolute Gasteiger partial charge is 0.497 e. The van der Waals surface area contributed by atoms with Gasteiger partial charge in [0.1, 0.15) is 11.6 Å². The van der Waals surface area contributed by atoms with E-state index < -0.39 is 5.92 Å². The Morgan fingerprint density at radius 3 is 2.52 bits per heavy atom. The van der Waals surface area contributed by atoms with Gasteiger partial charge in [0.05, 0.1) is 13.0 Å². The van der Waals surface area contributed by atoms with Crippen LogP contribution >= 0.6 is 0 Å². The van der Waals surface area contributed by atoms with E-state index in [2.05, 4.69) is 5.32 Å². The molecule has 1 heterocycles. The number of carbonyl (C=O) groups is 2. The van der Waals surface area contributed by atoms with Gasteiger partial charge in [-0.05, 0) is 42.0 Å². The van der Waals surface area contributed by atoms with Gasteiger partial charge >= 0.3 is 0 Å². The fraction of sp³-hybridized carbons (Fsp3) is 0.263. The first-order valence-corrected chi connectivity index (χ1v) is 8.03. The number of benzene rings is 2. The van der Waals surface area contributed by atoms with Crippen molar-refractivity contribution in [3.63, 3.8) is 0 Å². The van der Waals surface area contributed by atoms with Crippen molar-refractivity contribution in [2.24, 2.45) is 5.92 Å². The molecule has 2 aromatic carbocycles. The van der Waals surface area contributed by atoms with Gasteiger partial charge < -0.3 is 15.0 Å². The number of nitrogens with one attached hydrogen (secondary N) is 1. The molecule has 0 bridgehead atoms. The van der Waals surface area contributed by atoms with Crippen LogP contribution < -0.4 is 15.0 Å². The minimum absolute atomic E-state index is 0.0768. The molecular formula is C19H19FN2O3. The average molecular weight is 342 g/mol. The summed E-state index contributed by atoms with van der Waals surface area (Å²) in [5, 5.41) is 2.81. The summed E-state index contributed by atoms with van der Waals surface area (Å²) in [5.41, 5.74) is 1.56. The third-order valence-electron chi connectivity index (χ3n) is 4.26. The minimum Gasteiger partial charge on any atom is -0.497 e. The van der Waals surface area contributed by atoms with E-state index in [0.717, 1.165) is 11.3 Å². The first-order valence-electron chi connectivity index (χ1n) is 8.03. The lowest BCUT2D eigenvalue weighted by Crippen LogP contribution is -2.32. The summed E-state index contributed by atoms with van der Waals surface area (Å²) in [6.07, 6.45) is 0.182. The Bertz CT molecular complexity index is 759. The van der Waals surface area contributed by atoms with E-state index in [4.69, 9.17) is 4.74 Å². The van der Waals surface area contributed by atoms with Crippen LogP contribution in [0.5, 0.6) is 5.75 Å². The minimum atomic E-state index is -0.393. The van der Waals surface area contributed by atoms with Crippen LogP contribution in [0.4, 0.5) is 10.1 Å². The molecule has 1 fully saturated rings. The van der Waals surface area contributed by atoms with Gasteiger partial charge in [0.2, 0.25) is 11.8 Å². The van der Waals surface area contributed by atoms with Crippen molar-refractivity contribution in [1.29, 1.82) is 0 Å². The average Bonchev–Trinajstić information content (AvgIpc) is 3.03. The van der Waals surface area contributed by atoms with E-state index in [1.807, 2.05) is 0 Å². The number of halogens is 1. The second kappa shape index (κ2) is 7.34. The lowest BCUT2D eigenvalue weighted by molar-refractivity contribution is -0.126. The molecule has 1 aliphatic rings. The molecule has 25 heavy (non-hydrogen) atoms. The van der Waals surface area contributed by atoms with Gasteiger partial charge in [0, 0.05) is 25.2 Å². The number of methoxy groups -OCH3 is 1. The van der Waals surface area contributed by atoms with Crippen molar-refractivity contribution < 1.29 is 18.7 Å². The Morgan fingerprint density at radius 1 is 1.20 bits per heavy atom. The molecule has 0 aromatic heterocycles. The van der Waals surface area contributed by atoms with Crippen molar-refractivity contribution in [3.05, 3.63) is 59.9 Å². The predicted octanol–water partition coefficient (Wildman–Crippen LogP) is 2.50. The molecule has 1 N–H and O–H groups in total. The van der Waals surface area contributed by atoms with Gasteiger partial charge in [-0.25, -0.2) is 4.39 Å². The SMILES string of the molecule is COc1ccc(N2C[C@@H](C(=O)NCc3ccc(F)cc3)CC2=O)cc1. The van der Waals surface area contributed by atoms with Crippen molar-refractivity contribution in [2.75, 3.05) is 18.6 Å². The summed E-state index contributed by atoms with van der Waals surface area (Å²) in [5.74, 6) is -0.244. The molecule has 0 radical (unpaired) electrons. The Kier molecular flexibility index (Phi) is 4.97. The highest BCUT2D eigenvalue weighted by Gasteiger charge is 2.34. The maximum atomic E-state index is 12.9. The van der Waals surface area contributed by atoms with Gasteiger partial charge in [-0.3, -0.25) is 9.59 Å². The Morgan fingerprint density at radius 2 is 1.88 bits per heavy atom. The molecule has 2 aromatic rings. The van der Waals surface area contributed by atoms with E-state index in [1.54, 1.807) is 48.4 Å². The van der Waals surface area contributed by atoms with Gasteiger partial charge in [0.15, 0.2) is 0 Å². The van der Waals surface area contributed by atoms with E-state index in [0.29, 0.717) is 18.8 Å². The fourth-order valence-corrected chi connectivity index (χ4v) is 2.83. The Labute approximate surface area is 145 Å². The summed E-state index contributed by atoms with van der Waals surface area (Å²) in [6.45, 7) is 0.659. The van der Waals surface area contributed by atoms with Crippen LogP contribution in [0.25, 0.3) is 0 Å². The van der Waals surface area contributed by atoms with E-state index in [-0.39, 0.29) is 24.1 Å². The maximum Gasteiger partial charge on any atom is 0.227 e. The molecule has 1 atom stereocenters. The third-order valence-corrected chi connectivity index (χ3v) is 4.26. The summed E-state index contributed by atoms with van der Waals surface area (Å²) in [6, 6.07) is 13.1. The lowest BCUT2D eigenvalue weighted by Gasteiger charge is -2.17. The third kappa shape index (κ3) is 3.96. The highest BCUT2D eigenvalue weighted by Crippen LogP contribution is 2.27. The molecule has 0 saturated carbocycles. The normalized spacial score (nSPS) is 16.8. The molecule has 6 heteroatoms. The van der Waals surface area contributed by atoms with Crippen LogP contribution in [-0.4, -0.2) is 25.5 Å². The summed E-state index contributed by atoms with van der Waals surface area (Å²) >= 11 is 0. The van der Waals surface area contributed by atoms with Gasteiger partial charge in [-0.15, -0.1) is 0 Å². The zero-order chi connectivity index (χ0) is 17.8. The first kappa shape index (κ1) is 17.0. The molecule has 0 unspecified atom stereocenters. The topological polar surface area (TPSA) is 58.6 Å². The summed E-state index contributed by atoms with van der Waals surface area (Å²) in [4.78, 5) is 26.2. The van der Waals surface area contributed by atoms with Gasteiger partial charge in [0.25, 0.3) is 0 Å². The maximum absolute atomic E-state index is 12.9. The molecule has 1 saturated heterocycles. The molecule has 0 spiro atoms. The number of anilines is 1. The number of rotatable bonds is 5. The summed E-state index contributed by atoms with van der Waals surface area (Å²) in [7, 11) is 1.58. The van der Waals surface area contributed by atoms with Gasteiger partial charge in [-0.2, -0.15) is 0 Å². The quantitative estimate of drug-likeness (QED) is 0.908. The monoisotopic (exact) mass is 342 g/mol. The molecule has 3 rings (SSSR count). The molecule has 1 aliphatic heterocycles. The zero-order valence-electron chi connectivity index (χ0n) is 13.9. The van der Waals surface area contributed by atoms with Gasteiger partial charge in [-0.1, -0.05) is 12.1 Å². The smallest absolute Gasteiger partial charge is 0.227 e. The number of carbonyl (C=O) groups excluding carboxylic acids is 2. The molecule has 2 amide bonds. The van der Waals surface area contributed by atoms with Crippen molar-refractivity contribution in [3.8, 4) is 5.75 Å². The van der Waals surface area contributed by atoms with Crippen molar-refractivity contribution in [1.82, 2.24) is 5.32 Å². The number of hydrogen-bond acceptors (Lipinski definition) is 3. The lowest BCUT2D eigenvalue weighted by atomic mass is 10.1. The standard InChI is InChI=1S/C19H19FN2O3/c1-25-17-8-6-16(7-9-17)22-12-14(10-18(22)23)19(24)21-11-13-2-4-15(20)5-3-13/h2-9,14H,10-12H2,1H3,(H,21,24)/t14-/m0/s1. The molecule has 5 nitrogen and oxygen atoms in total. The van der Waals surface area contributed by atoms with Crippen molar-refractivity contribution in [2.45, 2.75) is 13.0 Å². The summed E-state index contributed by atoms with van der Waals surface area (Å²) < 4.78 is 18.0. The highest BCUT2D eigenvalue weighted by atomic mass is 19.1. The van der Waals surface area contributed by atoms with Crippen LogP contribution in [0.3, 0.4) is 0 Å². The van der Waals surface area contributed by atoms with Crippen LogP contribution in [0.1, 0.15) is 12.0 Å². The van der Waals surface area contributed by atoms with E-state index in [9.17, 15) is 14.0 Å². The molecular weight excluding hydrogens is 323 g/mol. The van der Waals surface area contributed by atoms with E-state index >= 15 is 0 Å². The first-order chi connectivity index (χ1) is 12.1. The fourth-order valence-electron chi connectivity index (χ4n) is 2.83. The molecule has 130 valence electrons. The van der Waals surface area contributed by atoms with Crippen LogP contribution in [0.15, 0.2) is 48.5 Å². The highest BCUT2D eigenvalue weighted by molar-refractivity contribution is 6.00. The number of nitrogens with zero attached hydrogens (tertiary/aromatic N) is 1.